The second kappa shape index (κ2) is 10.2. The molecule has 0 aromatic carbocycles. The van der Waals surface area contributed by atoms with Crippen LogP contribution in [0.3, 0.4) is 0 Å². The lowest BCUT2D eigenvalue weighted by Gasteiger charge is -2.06. The Bertz CT molecular complexity index is 1210. The van der Waals surface area contributed by atoms with E-state index < -0.39 is 17.8 Å². The van der Waals surface area contributed by atoms with Gasteiger partial charge in [-0.15, -0.1) is 11.3 Å². The first-order valence-corrected chi connectivity index (χ1v) is 11.4. The fraction of sp³-hybridized carbons (Fsp3) is 0.381. The first-order valence-electron chi connectivity index (χ1n) is 10.2. The average molecular weight is 494 g/mol. The summed E-state index contributed by atoms with van der Waals surface area (Å²) in [5, 5.41) is 12.1. The van der Waals surface area contributed by atoms with Crippen molar-refractivity contribution in [1.82, 2.24) is 19.6 Å². The molecule has 12 heteroatoms. The summed E-state index contributed by atoms with van der Waals surface area (Å²) < 4.78 is 13.4. The number of amides is 1. The summed E-state index contributed by atoms with van der Waals surface area (Å²) in [4.78, 5) is 37.9. The molecule has 3 aromatic heterocycles. The van der Waals surface area contributed by atoms with Crippen LogP contribution >= 0.6 is 22.9 Å². The van der Waals surface area contributed by atoms with Crippen LogP contribution in [0.15, 0.2) is 12.3 Å². The lowest BCUT2D eigenvalue weighted by atomic mass is 10.1. The second-order valence-corrected chi connectivity index (χ2v) is 8.42. The number of hydrogen-bond donors (Lipinski definition) is 1. The van der Waals surface area contributed by atoms with Crippen molar-refractivity contribution in [2.24, 2.45) is 0 Å². The van der Waals surface area contributed by atoms with Gasteiger partial charge in [-0.25, -0.2) is 14.3 Å². The summed E-state index contributed by atoms with van der Waals surface area (Å²) in [6, 6.07) is 1.54. The molecule has 0 bridgehead atoms. The van der Waals surface area contributed by atoms with Crippen LogP contribution in [0.2, 0.25) is 5.02 Å². The van der Waals surface area contributed by atoms with Crippen molar-refractivity contribution in [2.75, 3.05) is 18.5 Å². The van der Waals surface area contributed by atoms with Gasteiger partial charge in [-0.05, 0) is 46.2 Å². The van der Waals surface area contributed by atoms with Gasteiger partial charge >= 0.3 is 11.9 Å². The number of nitrogens with one attached hydrogen (secondary N) is 1. The van der Waals surface area contributed by atoms with Gasteiger partial charge in [0.25, 0.3) is 5.91 Å². The topological polar surface area (TPSA) is 117 Å². The number of hydrogen-bond acceptors (Lipinski definition) is 8. The Hall–Kier alpha value is -3.18. The number of carbonyl (C=O) groups excluding carboxylic acids is 3. The molecule has 0 radical (unpaired) electrons. The van der Waals surface area contributed by atoms with Gasteiger partial charge in [0, 0.05) is 6.20 Å². The molecule has 0 aliphatic rings. The molecule has 0 aliphatic carbocycles. The summed E-state index contributed by atoms with van der Waals surface area (Å²) in [5.74, 6) is -1.75. The molecule has 0 spiro atoms. The van der Waals surface area contributed by atoms with Crippen LogP contribution in [0.25, 0.3) is 0 Å². The largest absolute Gasteiger partial charge is 0.462 e. The summed E-state index contributed by atoms with van der Waals surface area (Å²) in [5.41, 5.74) is 2.13. The predicted molar refractivity (Wildman–Crippen MR) is 123 cm³/mol. The molecule has 0 unspecified atom stereocenters. The summed E-state index contributed by atoms with van der Waals surface area (Å²) >= 11 is 7.14. The van der Waals surface area contributed by atoms with Gasteiger partial charge in [0.15, 0.2) is 5.69 Å². The zero-order valence-corrected chi connectivity index (χ0v) is 20.5. The number of anilines is 1. The van der Waals surface area contributed by atoms with Crippen molar-refractivity contribution in [3.63, 3.8) is 0 Å². The van der Waals surface area contributed by atoms with Gasteiger partial charge in [-0.1, -0.05) is 11.6 Å². The van der Waals surface area contributed by atoms with E-state index in [2.05, 4.69) is 15.5 Å². The van der Waals surface area contributed by atoms with Crippen LogP contribution in [-0.4, -0.2) is 50.6 Å². The maximum absolute atomic E-state index is 12.9. The molecule has 0 saturated heterocycles. The van der Waals surface area contributed by atoms with Gasteiger partial charge in [0.1, 0.15) is 16.5 Å². The molecule has 1 N–H and O–H groups in total. The first kappa shape index (κ1) is 24.5. The van der Waals surface area contributed by atoms with Gasteiger partial charge in [-0.3, -0.25) is 9.48 Å². The Morgan fingerprint density at radius 3 is 2.36 bits per heavy atom. The lowest BCUT2D eigenvalue weighted by molar-refractivity contribution is 0.0527. The number of esters is 2. The highest BCUT2D eigenvalue weighted by Gasteiger charge is 2.28. The third-order valence-corrected chi connectivity index (χ3v) is 6.49. The van der Waals surface area contributed by atoms with Crippen LogP contribution < -0.4 is 5.32 Å². The van der Waals surface area contributed by atoms with Crippen LogP contribution in [0.1, 0.15) is 61.3 Å². The predicted octanol–water partition coefficient (Wildman–Crippen LogP) is 3.83. The van der Waals surface area contributed by atoms with Crippen molar-refractivity contribution in [3.8, 4) is 0 Å². The van der Waals surface area contributed by atoms with E-state index in [0.717, 1.165) is 17.0 Å². The molecule has 176 valence electrons. The SMILES string of the molecule is CCOC(=O)c1sc(NC(=O)c2ccn(Cn3nc(C)c(Cl)c3C)n2)c(C(=O)OCC)c1C. The van der Waals surface area contributed by atoms with E-state index >= 15 is 0 Å². The number of halogens is 1. The molecular formula is C21H24ClN5O5S. The van der Waals surface area contributed by atoms with Crippen LogP contribution in [0.4, 0.5) is 5.00 Å². The van der Waals surface area contributed by atoms with Gasteiger partial charge < -0.3 is 14.8 Å². The van der Waals surface area contributed by atoms with Crippen molar-refractivity contribution in [3.05, 3.63) is 50.4 Å². The number of aryl methyl sites for hydroxylation is 1. The van der Waals surface area contributed by atoms with E-state index in [-0.39, 0.29) is 41.0 Å². The van der Waals surface area contributed by atoms with Gasteiger partial charge in [0.2, 0.25) is 0 Å². The number of ether oxygens (including phenoxy) is 2. The molecule has 0 aliphatic heterocycles. The van der Waals surface area contributed by atoms with E-state index in [1.165, 1.54) is 0 Å². The number of rotatable bonds is 8. The molecule has 0 fully saturated rings. The van der Waals surface area contributed by atoms with E-state index in [1.54, 1.807) is 42.4 Å². The highest BCUT2D eigenvalue weighted by molar-refractivity contribution is 7.18. The summed E-state index contributed by atoms with van der Waals surface area (Å²) in [6.45, 7) is 9.23. The van der Waals surface area contributed by atoms with Gasteiger partial charge in [0.05, 0.1) is 35.2 Å². The molecule has 3 heterocycles. The van der Waals surface area contributed by atoms with Crippen molar-refractivity contribution in [2.45, 2.75) is 41.3 Å². The molecule has 0 saturated carbocycles. The molecule has 3 rings (SSSR count). The molecule has 3 aromatic rings. The zero-order valence-electron chi connectivity index (χ0n) is 18.9. The minimum atomic E-state index is -0.635. The first-order chi connectivity index (χ1) is 15.7. The normalized spacial score (nSPS) is 10.8. The van der Waals surface area contributed by atoms with Crippen LogP contribution in [0, 0.1) is 20.8 Å². The Kier molecular flexibility index (Phi) is 7.54. The summed E-state index contributed by atoms with van der Waals surface area (Å²) in [6.07, 6.45) is 1.63. The maximum Gasteiger partial charge on any atom is 0.348 e. The number of nitrogens with zero attached hydrogens (tertiary/aromatic N) is 4. The molecule has 10 nitrogen and oxygen atoms in total. The standard InChI is InChI=1S/C21H24ClN5O5S/c1-6-31-20(29)15-11(3)17(21(30)32-7-2)33-19(15)23-18(28)14-8-9-26(25-14)10-27-13(5)16(22)12(4)24-27/h8-9H,6-7,10H2,1-5H3,(H,23,28). The highest BCUT2D eigenvalue weighted by Crippen LogP contribution is 2.34. The molecule has 0 atom stereocenters. The van der Waals surface area contributed by atoms with Crippen molar-refractivity contribution < 1.29 is 23.9 Å². The van der Waals surface area contributed by atoms with E-state index in [0.29, 0.717) is 16.3 Å². The monoisotopic (exact) mass is 493 g/mol. The van der Waals surface area contributed by atoms with Crippen molar-refractivity contribution in [1.29, 1.82) is 0 Å². The van der Waals surface area contributed by atoms with Crippen LogP contribution in [0.5, 0.6) is 0 Å². The summed E-state index contributed by atoms with van der Waals surface area (Å²) in [7, 11) is 0. The lowest BCUT2D eigenvalue weighted by Crippen LogP contribution is -2.17. The fourth-order valence-corrected chi connectivity index (χ4v) is 4.34. The fourth-order valence-electron chi connectivity index (χ4n) is 3.12. The van der Waals surface area contributed by atoms with E-state index in [4.69, 9.17) is 21.1 Å². The molecular weight excluding hydrogens is 470 g/mol. The Morgan fingerprint density at radius 2 is 1.76 bits per heavy atom. The maximum atomic E-state index is 12.9. The smallest absolute Gasteiger partial charge is 0.348 e. The van der Waals surface area contributed by atoms with Crippen LogP contribution in [-0.2, 0) is 16.1 Å². The number of carbonyl (C=O) groups is 3. The Balaban J connectivity index is 1.85. The third-order valence-electron chi connectivity index (χ3n) is 4.76. The van der Waals surface area contributed by atoms with E-state index in [1.807, 2.05) is 13.8 Å². The minimum Gasteiger partial charge on any atom is -0.462 e. The van der Waals surface area contributed by atoms with Gasteiger partial charge in [-0.2, -0.15) is 10.2 Å². The Labute approximate surface area is 199 Å². The minimum absolute atomic E-state index is 0.120. The highest BCUT2D eigenvalue weighted by atomic mass is 35.5. The molecule has 33 heavy (non-hydrogen) atoms. The quantitative estimate of drug-likeness (QED) is 0.474. The zero-order chi connectivity index (χ0) is 24.3. The Morgan fingerprint density at radius 1 is 1.09 bits per heavy atom. The second-order valence-electron chi connectivity index (χ2n) is 7.02. The van der Waals surface area contributed by atoms with Crippen molar-refractivity contribution >= 4 is 45.8 Å². The number of thiophene rings is 1. The average Bonchev–Trinajstić information content (AvgIpc) is 3.42. The molecule has 1 amide bonds. The third kappa shape index (κ3) is 5.09. The number of aromatic nitrogens is 4. The van der Waals surface area contributed by atoms with E-state index in [9.17, 15) is 14.4 Å².